The van der Waals surface area contributed by atoms with Crippen molar-refractivity contribution in [1.82, 2.24) is 0 Å². The van der Waals surface area contributed by atoms with Crippen LogP contribution in [0.25, 0.3) is 0 Å². The molecule has 0 aliphatic rings. The minimum Gasteiger partial charge on any atom is -0.489 e. The summed E-state index contributed by atoms with van der Waals surface area (Å²) in [5.74, 6) is -2.01. The van der Waals surface area contributed by atoms with Crippen molar-refractivity contribution in [2.75, 3.05) is 19.8 Å². The fraction of sp³-hybridized carbons (Fsp3) is 0.375. The van der Waals surface area contributed by atoms with Gasteiger partial charge in [-0.05, 0) is 19.9 Å². The number of ether oxygens (including phenoxy) is 3. The van der Waals surface area contributed by atoms with Gasteiger partial charge in [0.1, 0.15) is 12.4 Å². The Balaban J connectivity index is 3.15. The molecule has 0 atom stereocenters. The van der Waals surface area contributed by atoms with E-state index in [1.54, 1.807) is 44.2 Å². The van der Waals surface area contributed by atoms with Crippen molar-refractivity contribution in [3.8, 4) is 5.75 Å². The number of rotatable bonds is 8. The molecule has 0 N–H and O–H groups in total. The maximum atomic E-state index is 12.1. The Morgan fingerprint density at radius 2 is 1.71 bits per heavy atom. The molecule has 0 radical (unpaired) electrons. The van der Waals surface area contributed by atoms with E-state index in [1.165, 1.54) is 0 Å². The number of esters is 2. The molecule has 0 heterocycles. The molecular formula is C16H20O5. The molecule has 0 aromatic heterocycles. The van der Waals surface area contributed by atoms with Gasteiger partial charge in [0.25, 0.3) is 0 Å². The average molecular weight is 292 g/mol. The molecule has 5 nitrogen and oxygen atoms in total. The van der Waals surface area contributed by atoms with Gasteiger partial charge in [0.15, 0.2) is 5.92 Å². The van der Waals surface area contributed by atoms with E-state index in [1.807, 2.05) is 0 Å². The molecule has 0 spiro atoms. The highest BCUT2D eigenvalue weighted by molar-refractivity contribution is 6.01. The highest BCUT2D eigenvalue weighted by Gasteiger charge is 2.33. The fourth-order valence-corrected chi connectivity index (χ4v) is 1.80. The quantitative estimate of drug-likeness (QED) is 0.418. The average Bonchev–Trinajstić information content (AvgIpc) is 2.47. The summed E-state index contributed by atoms with van der Waals surface area (Å²) < 4.78 is 15.4. The summed E-state index contributed by atoms with van der Waals surface area (Å²) in [6.45, 7) is 7.58. The van der Waals surface area contributed by atoms with Gasteiger partial charge >= 0.3 is 11.9 Å². The molecule has 0 unspecified atom stereocenters. The minimum absolute atomic E-state index is 0.185. The first-order chi connectivity index (χ1) is 10.2. The third-order valence-corrected chi connectivity index (χ3v) is 2.63. The fourth-order valence-electron chi connectivity index (χ4n) is 1.80. The smallest absolute Gasteiger partial charge is 0.325 e. The molecule has 0 bridgehead atoms. The largest absolute Gasteiger partial charge is 0.489 e. The van der Waals surface area contributed by atoms with Crippen molar-refractivity contribution in [3.05, 3.63) is 42.5 Å². The Hall–Kier alpha value is -2.30. The first-order valence-corrected chi connectivity index (χ1v) is 6.81. The summed E-state index contributed by atoms with van der Waals surface area (Å²) >= 11 is 0. The molecule has 0 aliphatic heterocycles. The van der Waals surface area contributed by atoms with Gasteiger partial charge in [0.05, 0.1) is 13.2 Å². The Bertz CT molecular complexity index is 477. The highest BCUT2D eigenvalue weighted by Crippen LogP contribution is 2.29. The van der Waals surface area contributed by atoms with Crippen LogP contribution in [0.5, 0.6) is 5.75 Å². The van der Waals surface area contributed by atoms with E-state index < -0.39 is 17.9 Å². The first kappa shape index (κ1) is 16.8. The number of hydrogen-bond acceptors (Lipinski definition) is 5. The number of carbonyl (C=O) groups is 2. The Morgan fingerprint density at radius 1 is 1.14 bits per heavy atom. The second kappa shape index (κ2) is 8.79. The topological polar surface area (TPSA) is 61.8 Å². The number of hydrogen-bond donors (Lipinski definition) is 0. The van der Waals surface area contributed by atoms with Crippen LogP contribution in [0.1, 0.15) is 25.3 Å². The molecule has 0 saturated carbocycles. The van der Waals surface area contributed by atoms with Gasteiger partial charge in [0.2, 0.25) is 0 Å². The lowest BCUT2D eigenvalue weighted by Crippen LogP contribution is -2.26. The van der Waals surface area contributed by atoms with Crippen LogP contribution < -0.4 is 4.74 Å². The summed E-state index contributed by atoms with van der Waals surface area (Å²) in [6, 6.07) is 6.82. The predicted molar refractivity (Wildman–Crippen MR) is 78.1 cm³/mol. The van der Waals surface area contributed by atoms with E-state index in [-0.39, 0.29) is 19.8 Å². The summed E-state index contributed by atoms with van der Waals surface area (Å²) in [4.78, 5) is 24.2. The molecular weight excluding hydrogens is 272 g/mol. The van der Waals surface area contributed by atoms with Gasteiger partial charge < -0.3 is 14.2 Å². The van der Waals surface area contributed by atoms with Crippen LogP contribution in [0.3, 0.4) is 0 Å². The standard InChI is InChI=1S/C16H20O5/c1-4-11-21-13-10-8-7-9-12(13)14(15(17)19-5-2)16(18)20-6-3/h4,7-10,14H,1,5-6,11H2,2-3H3. The molecule has 0 saturated heterocycles. The van der Waals surface area contributed by atoms with Crippen LogP contribution in [0.4, 0.5) is 0 Å². The maximum Gasteiger partial charge on any atom is 0.325 e. The highest BCUT2D eigenvalue weighted by atomic mass is 16.6. The van der Waals surface area contributed by atoms with E-state index in [0.29, 0.717) is 11.3 Å². The molecule has 1 rings (SSSR count). The molecule has 0 fully saturated rings. The lowest BCUT2D eigenvalue weighted by molar-refractivity contribution is -0.157. The molecule has 0 aliphatic carbocycles. The third kappa shape index (κ3) is 4.63. The molecule has 21 heavy (non-hydrogen) atoms. The second-order valence-electron chi connectivity index (χ2n) is 4.07. The van der Waals surface area contributed by atoms with Crippen molar-refractivity contribution >= 4 is 11.9 Å². The number of carbonyl (C=O) groups excluding carboxylic acids is 2. The lowest BCUT2D eigenvalue weighted by atomic mass is 9.98. The third-order valence-electron chi connectivity index (χ3n) is 2.63. The van der Waals surface area contributed by atoms with E-state index >= 15 is 0 Å². The van der Waals surface area contributed by atoms with Crippen molar-refractivity contribution in [1.29, 1.82) is 0 Å². The zero-order chi connectivity index (χ0) is 15.7. The molecule has 1 aromatic rings. The van der Waals surface area contributed by atoms with Gasteiger partial charge in [0, 0.05) is 5.56 Å². The van der Waals surface area contributed by atoms with Gasteiger partial charge in [-0.15, -0.1) is 0 Å². The molecule has 5 heteroatoms. The van der Waals surface area contributed by atoms with E-state index in [0.717, 1.165) is 0 Å². The van der Waals surface area contributed by atoms with Gasteiger partial charge in [-0.3, -0.25) is 9.59 Å². The first-order valence-electron chi connectivity index (χ1n) is 6.81. The summed E-state index contributed by atoms with van der Waals surface area (Å²) in [5.41, 5.74) is 0.427. The zero-order valence-electron chi connectivity index (χ0n) is 12.3. The molecule has 0 amide bonds. The van der Waals surface area contributed by atoms with Crippen molar-refractivity contribution in [2.45, 2.75) is 19.8 Å². The lowest BCUT2D eigenvalue weighted by Gasteiger charge is -2.17. The second-order valence-corrected chi connectivity index (χ2v) is 4.07. The van der Waals surface area contributed by atoms with Gasteiger partial charge in [-0.2, -0.15) is 0 Å². The van der Waals surface area contributed by atoms with Crippen LogP contribution in [-0.2, 0) is 19.1 Å². The van der Waals surface area contributed by atoms with Crippen molar-refractivity contribution < 1.29 is 23.8 Å². The van der Waals surface area contributed by atoms with Crippen LogP contribution >= 0.6 is 0 Å². The van der Waals surface area contributed by atoms with Crippen LogP contribution in [0.2, 0.25) is 0 Å². The predicted octanol–water partition coefficient (Wildman–Crippen LogP) is 2.46. The number of benzene rings is 1. The number of para-hydroxylation sites is 1. The monoisotopic (exact) mass is 292 g/mol. The Kier molecular flexibility index (Phi) is 7.01. The molecule has 114 valence electrons. The van der Waals surface area contributed by atoms with Crippen molar-refractivity contribution in [3.63, 3.8) is 0 Å². The summed E-state index contributed by atoms with van der Waals surface area (Å²) in [7, 11) is 0. The van der Waals surface area contributed by atoms with E-state index in [2.05, 4.69) is 6.58 Å². The van der Waals surface area contributed by atoms with Crippen molar-refractivity contribution in [2.24, 2.45) is 0 Å². The summed E-state index contributed by atoms with van der Waals surface area (Å²) in [5, 5.41) is 0. The van der Waals surface area contributed by atoms with Crippen LogP contribution in [0.15, 0.2) is 36.9 Å². The van der Waals surface area contributed by atoms with Crippen LogP contribution in [-0.4, -0.2) is 31.8 Å². The minimum atomic E-state index is -1.15. The summed E-state index contributed by atoms with van der Waals surface area (Å²) in [6.07, 6.45) is 1.58. The SMILES string of the molecule is C=CCOc1ccccc1C(C(=O)OCC)C(=O)OCC. The van der Waals surface area contributed by atoms with Crippen LogP contribution in [0, 0.1) is 0 Å². The normalized spacial score (nSPS) is 10.0. The molecule has 1 aromatic carbocycles. The Labute approximate surface area is 124 Å². The zero-order valence-corrected chi connectivity index (χ0v) is 12.3. The Morgan fingerprint density at radius 3 is 2.24 bits per heavy atom. The van der Waals surface area contributed by atoms with E-state index in [9.17, 15) is 9.59 Å². The van der Waals surface area contributed by atoms with Gasteiger partial charge in [-0.1, -0.05) is 30.9 Å². The van der Waals surface area contributed by atoms with Gasteiger partial charge in [-0.25, -0.2) is 0 Å². The van der Waals surface area contributed by atoms with E-state index in [4.69, 9.17) is 14.2 Å². The maximum absolute atomic E-state index is 12.1.